The van der Waals surface area contributed by atoms with E-state index >= 15 is 0 Å². The molecule has 0 aliphatic carbocycles. The minimum Gasteiger partial charge on any atom is -0.384 e. The Morgan fingerprint density at radius 1 is 1.13 bits per heavy atom. The molecule has 1 aromatic carbocycles. The molecule has 0 saturated carbocycles. The number of rotatable bonds is 2. The van der Waals surface area contributed by atoms with Gasteiger partial charge in [-0.3, -0.25) is 0 Å². The van der Waals surface area contributed by atoms with E-state index in [-0.39, 0.29) is 6.54 Å². The van der Waals surface area contributed by atoms with E-state index < -0.39 is 5.60 Å². The molecule has 0 bridgehead atoms. The van der Waals surface area contributed by atoms with Crippen LogP contribution in [0.4, 0.5) is 0 Å². The van der Waals surface area contributed by atoms with E-state index in [0.717, 1.165) is 16.7 Å². The van der Waals surface area contributed by atoms with E-state index in [9.17, 15) is 5.11 Å². The first-order valence-corrected chi connectivity index (χ1v) is 5.31. The number of nitrogens with two attached hydrogens (primary N) is 1. The fourth-order valence-corrected chi connectivity index (χ4v) is 2.13. The van der Waals surface area contributed by atoms with Crippen LogP contribution in [-0.4, -0.2) is 11.7 Å². The number of hydrogen-bond acceptors (Lipinski definition) is 2. The normalized spacial score (nSPS) is 15.1. The second-order valence-electron chi connectivity index (χ2n) is 4.61. The summed E-state index contributed by atoms with van der Waals surface area (Å²) in [4.78, 5) is 0. The molecule has 15 heavy (non-hydrogen) atoms. The quantitative estimate of drug-likeness (QED) is 0.780. The minimum atomic E-state index is -0.926. The Labute approximate surface area is 92.1 Å². The molecule has 0 spiro atoms. The lowest BCUT2D eigenvalue weighted by molar-refractivity contribution is 0.0654. The van der Waals surface area contributed by atoms with Crippen molar-refractivity contribution in [2.45, 2.75) is 40.2 Å². The van der Waals surface area contributed by atoms with Gasteiger partial charge in [-0.2, -0.15) is 0 Å². The molecular formula is C13H21NO. The first kappa shape index (κ1) is 12.2. The summed E-state index contributed by atoms with van der Waals surface area (Å²) in [6.07, 6.45) is 0. The maximum Gasteiger partial charge on any atom is 0.0995 e. The molecule has 0 saturated heterocycles. The third-order valence-electron chi connectivity index (χ3n) is 3.30. The highest BCUT2D eigenvalue weighted by Crippen LogP contribution is 2.30. The summed E-state index contributed by atoms with van der Waals surface area (Å²) < 4.78 is 0. The zero-order chi connectivity index (χ0) is 11.8. The van der Waals surface area contributed by atoms with E-state index in [1.165, 1.54) is 11.1 Å². The Kier molecular flexibility index (Phi) is 3.22. The van der Waals surface area contributed by atoms with E-state index in [4.69, 9.17) is 5.73 Å². The van der Waals surface area contributed by atoms with Crippen molar-refractivity contribution in [3.05, 3.63) is 33.9 Å². The summed E-state index contributed by atoms with van der Waals surface area (Å²) in [6.45, 7) is 10.2. The molecule has 0 radical (unpaired) electrons. The third kappa shape index (κ3) is 2.06. The molecule has 2 nitrogen and oxygen atoms in total. The average Bonchev–Trinajstić information content (AvgIpc) is 2.15. The fraction of sp³-hybridized carbons (Fsp3) is 0.538. The van der Waals surface area contributed by atoms with Crippen molar-refractivity contribution in [1.82, 2.24) is 0 Å². The Morgan fingerprint density at radius 3 is 1.87 bits per heavy atom. The number of aliphatic hydroxyl groups is 1. The van der Waals surface area contributed by atoms with Crippen molar-refractivity contribution in [1.29, 1.82) is 0 Å². The molecule has 0 amide bonds. The van der Waals surface area contributed by atoms with Gasteiger partial charge in [0, 0.05) is 6.54 Å². The summed E-state index contributed by atoms with van der Waals surface area (Å²) in [5, 5.41) is 10.3. The standard InChI is InChI=1S/C13H21NO/c1-8-6-9(2)11(4)12(10(8)3)13(5,15)7-14/h6,15H,7,14H2,1-5H3. The van der Waals surface area contributed by atoms with Crippen LogP contribution in [0.15, 0.2) is 6.07 Å². The molecule has 2 heteroatoms. The molecule has 1 aromatic rings. The summed E-state index contributed by atoms with van der Waals surface area (Å²) in [6, 6.07) is 2.15. The van der Waals surface area contributed by atoms with Crippen LogP contribution in [0.2, 0.25) is 0 Å². The largest absolute Gasteiger partial charge is 0.384 e. The van der Waals surface area contributed by atoms with Crippen LogP contribution in [0, 0.1) is 27.7 Å². The number of hydrogen-bond donors (Lipinski definition) is 2. The number of aryl methyl sites for hydroxylation is 2. The molecule has 0 fully saturated rings. The van der Waals surface area contributed by atoms with Crippen LogP contribution < -0.4 is 5.73 Å². The Morgan fingerprint density at radius 2 is 1.53 bits per heavy atom. The fourth-order valence-electron chi connectivity index (χ4n) is 2.13. The first-order chi connectivity index (χ1) is 6.81. The second kappa shape index (κ2) is 3.95. The maximum absolute atomic E-state index is 10.3. The van der Waals surface area contributed by atoms with Crippen LogP contribution in [0.1, 0.15) is 34.7 Å². The van der Waals surface area contributed by atoms with Gasteiger partial charge in [0.05, 0.1) is 5.60 Å². The van der Waals surface area contributed by atoms with Gasteiger partial charge in [-0.1, -0.05) is 6.07 Å². The van der Waals surface area contributed by atoms with Gasteiger partial charge in [0.25, 0.3) is 0 Å². The van der Waals surface area contributed by atoms with Gasteiger partial charge in [0.15, 0.2) is 0 Å². The molecule has 0 aromatic heterocycles. The van der Waals surface area contributed by atoms with Gasteiger partial charge in [0.1, 0.15) is 0 Å². The highest BCUT2D eigenvalue weighted by atomic mass is 16.3. The maximum atomic E-state index is 10.3. The predicted octanol–water partition coefficient (Wildman–Crippen LogP) is 2.09. The Balaban J connectivity index is 3.53. The SMILES string of the molecule is Cc1cc(C)c(C)c(C(C)(O)CN)c1C. The average molecular weight is 207 g/mol. The van der Waals surface area contributed by atoms with Crippen LogP contribution >= 0.6 is 0 Å². The Bertz CT molecular complexity index is 354. The van der Waals surface area contributed by atoms with E-state index in [0.29, 0.717) is 0 Å². The second-order valence-corrected chi connectivity index (χ2v) is 4.61. The van der Waals surface area contributed by atoms with Gasteiger partial charge in [-0.05, 0) is 62.4 Å². The molecule has 3 N–H and O–H groups in total. The summed E-state index contributed by atoms with van der Waals surface area (Å²) in [5.74, 6) is 0. The van der Waals surface area contributed by atoms with Crippen LogP contribution in [0.3, 0.4) is 0 Å². The zero-order valence-corrected chi connectivity index (χ0v) is 10.3. The molecule has 1 rings (SSSR count). The lowest BCUT2D eigenvalue weighted by atomic mass is 9.84. The Hall–Kier alpha value is -0.860. The van der Waals surface area contributed by atoms with Crippen molar-refractivity contribution >= 4 is 0 Å². The lowest BCUT2D eigenvalue weighted by Gasteiger charge is -2.28. The highest BCUT2D eigenvalue weighted by Gasteiger charge is 2.26. The van der Waals surface area contributed by atoms with Gasteiger partial charge >= 0.3 is 0 Å². The first-order valence-electron chi connectivity index (χ1n) is 5.31. The lowest BCUT2D eigenvalue weighted by Crippen LogP contribution is -2.33. The van der Waals surface area contributed by atoms with E-state index in [1.54, 1.807) is 6.92 Å². The summed E-state index contributed by atoms with van der Waals surface area (Å²) in [5.41, 5.74) is 10.4. The molecular weight excluding hydrogens is 186 g/mol. The van der Waals surface area contributed by atoms with Gasteiger partial charge in [-0.15, -0.1) is 0 Å². The minimum absolute atomic E-state index is 0.248. The predicted molar refractivity (Wildman–Crippen MR) is 64.0 cm³/mol. The van der Waals surface area contributed by atoms with Crippen molar-refractivity contribution in [2.75, 3.05) is 6.54 Å². The van der Waals surface area contributed by atoms with Crippen molar-refractivity contribution in [3.8, 4) is 0 Å². The van der Waals surface area contributed by atoms with Crippen LogP contribution in [0.25, 0.3) is 0 Å². The van der Waals surface area contributed by atoms with Crippen LogP contribution in [-0.2, 0) is 5.60 Å². The molecule has 0 heterocycles. The molecule has 1 atom stereocenters. The monoisotopic (exact) mass is 207 g/mol. The van der Waals surface area contributed by atoms with E-state index in [2.05, 4.69) is 19.9 Å². The smallest absolute Gasteiger partial charge is 0.0995 e. The van der Waals surface area contributed by atoms with Crippen molar-refractivity contribution in [3.63, 3.8) is 0 Å². The van der Waals surface area contributed by atoms with Gasteiger partial charge < -0.3 is 10.8 Å². The summed E-state index contributed by atoms with van der Waals surface area (Å²) >= 11 is 0. The van der Waals surface area contributed by atoms with Gasteiger partial charge in [-0.25, -0.2) is 0 Å². The van der Waals surface area contributed by atoms with E-state index in [1.807, 2.05) is 13.8 Å². The summed E-state index contributed by atoms with van der Waals surface area (Å²) in [7, 11) is 0. The highest BCUT2D eigenvalue weighted by molar-refractivity contribution is 5.46. The number of benzene rings is 1. The van der Waals surface area contributed by atoms with Crippen LogP contribution in [0.5, 0.6) is 0 Å². The molecule has 84 valence electrons. The van der Waals surface area contributed by atoms with Gasteiger partial charge in [0.2, 0.25) is 0 Å². The van der Waals surface area contributed by atoms with Crippen molar-refractivity contribution in [2.24, 2.45) is 5.73 Å². The van der Waals surface area contributed by atoms with Crippen molar-refractivity contribution < 1.29 is 5.11 Å². The third-order valence-corrected chi connectivity index (χ3v) is 3.30. The molecule has 1 unspecified atom stereocenters. The molecule has 0 aliphatic rings. The zero-order valence-electron chi connectivity index (χ0n) is 10.3. The molecule has 0 aliphatic heterocycles. The topological polar surface area (TPSA) is 46.2 Å².